The third kappa shape index (κ3) is 8.27. The Morgan fingerprint density at radius 3 is 2.14 bits per heavy atom. The fourth-order valence-electron chi connectivity index (χ4n) is 4.42. The zero-order valence-electron chi connectivity index (χ0n) is 24.1. The smallest absolute Gasteiger partial charge is 0.331 e. The molecule has 0 aromatic heterocycles. The SMILES string of the molecule is C=C[C@@H]1CCC/C=C/[C@@H]2C[C@H](O[Si](C)(C)C(C)(C)C)C[C@H]2[C@H](O[Si](C)(C)C(C)(C)C)/C=C/C(=O)O1. The summed E-state index contributed by atoms with van der Waals surface area (Å²) in [5.41, 5.74) is 0. The van der Waals surface area contributed by atoms with Crippen molar-refractivity contribution in [1.82, 2.24) is 0 Å². The summed E-state index contributed by atoms with van der Waals surface area (Å²) in [5, 5.41) is 0.257. The first-order valence-electron chi connectivity index (χ1n) is 13.5. The van der Waals surface area contributed by atoms with E-state index in [9.17, 15) is 4.79 Å². The van der Waals surface area contributed by atoms with E-state index in [0.717, 1.165) is 32.1 Å². The van der Waals surface area contributed by atoms with Crippen molar-refractivity contribution in [1.29, 1.82) is 0 Å². The Morgan fingerprint density at radius 2 is 1.57 bits per heavy atom. The summed E-state index contributed by atoms with van der Waals surface area (Å²) in [6.45, 7) is 26.8. The van der Waals surface area contributed by atoms with Crippen molar-refractivity contribution in [2.45, 2.75) is 128 Å². The predicted molar refractivity (Wildman–Crippen MR) is 153 cm³/mol. The average molecular weight is 521 g/mol. The van der Waals surface area contributed by atoms with Crippen molar-refractivity contribution in [3.63, 3.8) is 0 Å². The number of hydrogen-bond acceptors (Lipinski definition) is 4. The molecule has 0 amide bonds. The van der Waals surface area contributed by atoms with Crippen LogP contribution in [0.2, 0.25) is 36.3 Å². The predicted octanol–water partition coefficient (Wildman–Crippen LogP) is 8.19. The van der Waals surface area contributed by atoms with Crippen LogP contribution in [0.3, 0.4) is 0 Å². The summed E-state index contributed by atoms with van der Waals surface area (Å²) in [6, 6.07) is 0. The number of carbonyl (C=O) groups is 1. The molecule has 0 bridgehead atoms. The Kier molecular flexibility index (Phi) is 10.0. The third-order valence-corrected chi connectivity index (χ3v) is 17.8. The molecule has 35 heavy (non-hydrogen) atoms. The largest absolute Gasteiger partial charge is 0.455 e. The van der Waals surface area contributed by atoms with E-state index < -0.39 is 16.6 Å². The molecule has 0 saturated heterocycles. The summed E-state index contributed by atoms with van der Waals surface area (Å²) in [4.78, 5) is 12.7. The standard InChI is InChI=1S/C29H52O4Si2/c1-12-23-17-15-13-14-16-22-20-24(32-34(8,9)28(2,3)4)21-25(22)26(18-19-27(30)31-23)33-35(10,11)29(5,6)7/h12,14,16,18-19,22-26H,1,13,15,17,20-21H2,2-11H3/b16-14+,19-18+/t22-,23-,24+,25-,26-/m1/s1. The van der Waals surface area contributed by atoms with Crippen LogP contribution in [0.5, 0.6) is 0 Å². The summed E-state index contributed by atoms with van der Waals surface area (Å²) in [7, 11) is -3.95. The van der Waals surface area contributed by atoms with E-state index in [1.165, 1.54) is 0 Å². The Bertz CT molecular complexity index is 785. The van der Waals surface area contributed by atoms with Crippen LogP contribution in [0, 0.1) is 11.8 Å². The first-order valence-corrected chi connectivity index (χ1v) is 19.3. The topological polar surface area (TPSA) is 44.8 Å². The molecule has 1 fully saturated rings. The lowest BCUT2D eigenvalue weighted by atomic mass is 9.90. The molecule has 2 rings (SSSR count). The molecule has 1 aliphatic carbocycles. The summed E-state index contributed by atoms with van der Waals surface area (Å²) in [6.07, 6.45) is 14.5. The van der Waals surface area contributed by atoms with Gasteiger partial charge in [0.25, 0.3) is 0 Å². The van der Waals surface area contributed by atoms with Gasteiger partial charge in [-0.15, -0.1) is 0 Å². The minimum Gasteiger partial charge on any atom is -0.455 e. The average Bonchev–Trinajstić information content (AvgIpc) is 3.09. The quantitative estimate of drug-likeness (QED) is 0.208. The summed E-state index contributed by atoms with van der Waals surface area (Å²) >= 11 is 0. The van der Waals surface area contributed by atoms with Crippen molar-refractivity contribution >= 4 is 22.6 Å². The molecule has 0 radical (unpaired) electrons. The molecule has 0 aromatic carbocycles. The van der Waals surface area contributed by atoms with Crippen molar-refractivity contribution in [3.8, 4) is 0 Å². The maximum absolute atomic E-state index is 12.7. The van der Waals surface area contributed by atoms with E-state index in [4.69, 9.17) is 13.6 Å². The van der Waals surface area contributed by atoms with E-state index in [1.807, 2.05) is 6.08 Å². The van der Waals surface area contributed by atoms with Gasteiger partial charge in [-0.25, -0.2) is 4.79 Å². The summed E-state index contributed by atoms with van der Waals surface area (Å²) < 4.78 is 19.5. The van der Waals surface area contributed by atoms with Crippen molar-refractivity contribution in [2.24, 2.45) is 11.8 Å². The Hall–Kier alpha value is -0.956. The van der Waals surface area contributed by atoms with Gasteiger partial charge < -0.3 is 13.6 Å². The maximum Gasteiger partial charge on any atom is 0.331 e. The third-order valence-electron chi connectivity index (χ3n) is 8.74. The van der Waals surface area contributed by atoms with Crippen molar-refractivity contribution in [3.05, 3.63) is 37.0 Å². The van der Waals surface area contributed by atoms with E-state index in [1.54, 1.807) is 12.2 Å². The monoisotopic (exact) mass is 520 g/mol. The van der Waals surface area contributed by atoms with Crippen LogP contribution in [0.15, 0.2) is 37.0 Å². The molecule has 1 heterocycles. The zero-order valence-corrected chi connectivity index (χ0v) is 26.1. The molecular formula is C29H52O4Si2. The molecule has 4 nitrogen and oxygen atoms in total. The minimum atomic E-state index is -2.07. The van der Waals surface area contributed by atoms with Gasteiger partial charge in [0.2, 0.25) is 0 Å². The van der Waals surface area contributed by atoms with Gasteiger partial charge >= 0.3 is 5.97 Å². The number of fused-ring (bicyclic) bond motifs is 1. The molecule has 0 spiro atoms. The van der Waals surface area contributed by atoms with Gasteiger partial charge in [0.05, 0.1) is 6.10 Å². The van der Waals surface area contributed by atoms with Crippen LogP contribution in [-0.4, -0.2) is 40.9 Å². The number of cyclic esters (lactones) is 1. The van der Waals surface area contributed by atoms with Crippen LogP contribution < -0.4 is 0 Å². The van der Waals surface area contributed by atoms with Gasteiger partial charge in [-0.3, -0.25) is 0 Å². The maximum atomic E-state index is 12.7. The number of allylic oxidation sites excluding steroid dienone is 2. The fourth-order valence-corrected chi connectivity index (χ4v) is 7.09. The molecule has 6 heteroatoms. The molecule has 200 valence electrons. The molecular weight excluding hydrogens is 468 g/mol. The van der Waals surface area contributed by atoms with E-state index in [0.29, 0.717) is 5.92 Å². The normalized spacial score (nSPS) is 31.4. The van der Waals surface area contributed by atoms with E-state index >= 15 is 0 Å². The van der Waals surface area contributed by atoms with Crippen LogP contribution in [0.25, 0.3) is 0 Å². The lowest BCUT2D eigenvalue weighted by Crippen LogP contribution is -2.46. The number of rotatable bonds is 5. The highest BCUT2D eigenvalue weighted by Crippen LogP contribution is 2.46. The Labute approximate surface area is 217 Å². The zero-order chi connectivity index (χ0) is 26.7. The highest BCUT2D eigenvalue weighted by molar-refractivity contribution is 6.74. The second-order valence-corrected chi connectivity index (χ2v) is 23.1. The van der Waals surface area contributed by atoms with Crippen LogP contribution in [0.4, 0.5) is 0 Å². The molecule has 1 saturated carbocycles. The molecule has 0 unspecified atom stereocenters. The van der Waals surface area contributed by atoms with Gasteiger partial charge in [-0.1, -0.05) is 66.3 Å². The van der Waals surface area contributed by atoms with Gasteiger partial charge in [0, 0.05) is 12.2 Å². The molecule has 1 aliphatic heterocycles. The molecule has 0 aromatic rings. The van der Waals surface area contributed by atoms with Gasteiger partial charge in [0.1, 0.15) is 6.10 Å². The number of esters is 1. The van der Waals surface area contributed by atoms with E-state index in [2.05, 4.69) is 86.5 Å². The van der Waals surface area contributed by atoms with Gasteiger partial charge in [-0.05, 0) is 86.3 Å². The highest BCUT2D eigenvalue weighted by atomic mass is 28.4. The molecule has 5 atom stereocenters. The van der Waals surface area contributed by atoms with Crippen LogP contribution in [0.1, 0.15) is 73.6 Å². The van der Waals surface area contributed by atoms with Gasteiger partial charge in [0.15, 0.2) is 16.6 Å². The number of carbonyl (C=O) groups excluding carboxylic acids is 1. The lowest BCUT2D eigenvalue weighted by Gasteiger charge is -2.41. The van der Waals surface area contributed by atoms with Crippen molar-refractivity contribution in [2.75, 3.05) is 0 Å². The molecule has 0 N–H and O–H groups in total. The number of hydrogen-bond donors (Lipinski definition) is 0. The van der Waals surface area contributed by atoms with Crippen molar-refractivity contribution < 1.29 is 18.4 Å². The second-order valence-electron chi connectivity index (χ2n) is 13.6. The Morgan fingerprint density at radius 1 is 0.971 bits per heavy atom. The Balaban J connectivity index is 2.41. The van der Waals surface area contributed by atoms with Gasteiger partial charge in [-0.2, -0.15) is 0 Å². The fraction of sp³-hybridized carbons (Fsp3) is 0.759. The molecule has 2 aliphatic rings. The number of ether oxygens (including phenoxy) is 1. The first kappa shape index (κ1) is 30.3. The second kappa shape index (κ2) is 11.6. The van der Waals surface area contributed by atoms with Crippen LogP contribution >= 0.6 is 0 Å². The minimum absolute atomic E-state index is 0.0808. The van der Waals surface area contributed by atoms with E-state index in [-0.39, 0.29) is 40.3 Å². The highest BCUT2D eigenvalue weighted by Gasteiger charge is 2.46. The first-order chi connectivity index (χ1) is 16.0. The summed E-state index contributed by atoms with van der Waals surface area (Å²) in [5.74, 6) is 0.334. The van der Waals surface area contributed by atoms with Crippen LogP contribution in [-0.2, 0) is 18.4 Å². The lowest BCUT2D eigenvalue weighted by molar-refractivity contribution is -0.141.